The molecule has 5 heteroatoms. The van der Waals surface area contributed by atoms with Gasteiger partial charge in [0.05, 0.1) is 7.11 Å². The highest BCUT2D eigenvalue weighted by Gasteiger charge is 2.20. The van der Waals surface area contributed by atoms with E-state index in [1.54, 1.807) is 7.11 Å². The second kappa shape index (κ2) is 4.74. The maximum atomic E-state index is 5.42. The lowest BCUT2D eigenvalue weighted by Gasteiger charge is -2.14. The lowest BCUT2D eigenvalue weighted by Crippen LogP contribution is -2.23. The molecule has 0 saturated heterocycles. The Hall–Kier alpha value is -1.33. The number of fused-ring (bicyclic) bond motifs is 1. The normalized spacial score (nSPS) is 14.3. The molecule has 0 unspecified atom stereocenters. The number of benzene rings is 1. The number of H-pyrrole nitrogens is 1. The molecule has 0 amide bonds. The molecule has 2 heterocycles. The zero-order valence-corrected chi connectivity index (χ0v) is 11.7. The topological polar surface area (TPSA) is 49.9 Å². The van der Waals surface area contributed by atoms with Gasteiger partial charge in [0, 0.05) is 40.8 Å². The average molecular weight is 308 g/mol. The minimum absolute atomic E-state index is 0.845. The summed E-state index contributed by atoms with van der Waals surface area (Å²) in [5, 5.41) is 11.0. The molecule has 3 rings (SSSR count). The van der Waals surface area contributed by atoms with E-state index >= 15 is 0 Å². The molecule has 18 heavy (non-hydrogen) atoms. The standard InChI is InChI=1S/C13H14BrN3O/c1-18-12-3-2-8(14)6-9(12)13-10-7-15-5-4-11(10)16-17-13/h2-3,6,15H,4-5,7H2,1H3,(H,16,17). The predicted octanol–water partition coefficient (Wildman–Crippen LogP) is 2.49. The Morgan fingerprint density at radius 3 is 3.11 bits per heavy atom. The van der Waals surface area contributed by atoms with Crippen molar-refractivity contribution in [2.75, 3.05) is 13.7 Å². The van der Waals surface area contributed by atoms with Gasteiger partial charge in [-0.1, -0.05) is 15.9 Å². The molecule has 1 aliphatic heterocycles. The SMILES string of the molecule is COc1ccc(Br)cc1-c1n[nH]c2c1CNCC2. The molecule has 0 aliphatic carbocycles. The summed E-state index contributed by atoms with van der Waals surface area (Å²) in [6.07, 6.45) is 0.999. The van der Waals surface area contributed by atoms with Crippen molar-refractivity contribution in [1.29, 1.82) is 0 Å². The van der Waals surface area contributed by atoms with Crippen molar-refractivity contribution in [2.24, 2.45) is 0 Å². The molecule has 1 aromatic heterocycles. The first kappa shape index (κ1) is 11.7. The molecular weight excluding hydrogens is 294 g/mol. The summed E-state index contributed by atoms with van der Waals surface area (Å²) in [7, 11) is 1.68. The Balaban J connectivity index is 2.14. The van der Waals surface area contributed by atoms with Crippen molar-refractivity contribution in [1.82, 2.24) is 15.5 Å². The first-order valence-corrected chi connectivity index (χ1v) is 6.69. The van der Waals surface area contributed by atoms with E-state index < -0.39 is 0 Å². The van der Waals surface area contributed by atoms with E-state index in [9.17, 15) is 0 Å². The Labute approximate surface area is 114 Å². The summed E-state index contributed by atoms with van der Waals surface area (Å²) in [5.74, 6) is 0.845. The zero-order chi connectivity index (χ0) is 12.5. The van der Waals surface area contributed by atoms with Crippen molar-refractivity contribution in [3.8, 4) is 17.0 Å². The van der Waals surface area contributed by atoms with E-state index in [-0.39, 0.29) is 0 Å². The van der Waals surface area contributed by atoms with Crippen molar-refractivity contribution < 1.29 is 4.74 Å². The van der Waals surface area contributed by atoms with E-state index in [0.717, 1.165) is 41.0 Å². The van der Waals surface area contributed by atoms with Gasteiger partial charge < -0.3 is 10.1 Å². The van der Waals surface area contributed by atoms with Crippen LogP contribution in [-0.2, 0) is 13.0 Å². The van der Waals surface area contributed by atoms with Gasteiger partial charge in [0.2, 0.25) is 0 Å². The van der Waals surface area contributed by atoms with E-state index in [1.807, 2.05) is 18.2 Å². The van der Waals surface area contributed by atoms with Crippen LogP contribution in [0.5, 0.6) is 5.75 Å². The number of rotatable bonds is 2. The fourth-order valence-electron chi connectivity index (χ4n) is 2.31. The van der Waals surface area contributed by atoms with Crippen molar-refractivity contribution in [2.45, 2.75) is 13.0 Å². The number of hydrogen-bond donors (Lipinski definition) is 2. The zero-order valence-electron chi connectivity index (χ0n) is 10.1. The summed E-state index contributed by atoms with van der Waals surface area (Å²) >= 11 is 3.50. The van der Waals surface area contributed by atoms with Gasteiger partial charge >= 0.3 is 0 Å². The number of nitrogens with zero attached hydrogens (tertiary/aromatic N) is 1. The monoisotopic (exact) mass is 307 g/mol. The summed E-state index contributed by atoms with van der Waals surface area (Å²) < 4.78 is 6.45. The van der Waals surface area contributed by atoms with E-state index in [1.165, 1.54) is 11.3 Å². The molecule has 0 atom stereocenters. The van der Waals surface area contributed by atoms with Crippen molar-refractivity contribution in [3.05, 3.63) is 33.9 Å². The number of aromatic nitrogens is 2. The van der Waals surface area contributed by atoms with Gasteiger partial charge in [-0.25, -0.2) is 0 Å². The number of ether oxygens (including phenoxy) is 1. The number of aromatic amines is 1. The van der Waals surface area contributed by atoms with E-state index in [2.05, 4.69) is 31.4 Å². The molecule has 1 aliphatic rings. The number of nitrogens with one attached hydrogen (secondary N) is 2. The minimum Gasteiger partial charge on any atom is -0.496 e. The molecule has 2 N–H and O–H groups in total. The Kier molecular flexibility index (Phi) is 3.09. The van der Waals surface area contributed by atoms with Crippen LogP contribution in [0.2, 0.25) is 0 Å². The van der Waals surface area contributed by atoms with Gasteiger partial charge in [-0.2, -0.15) is 5.10 Å². The molecule has 1 aromatic carbocycles. The predicted molar refractivity (Wildman–Crippen MR) is 73.7 cm³/mol. The van der Waals surface area contributed by atoms with Gasteiger partial charge in [0.1, 0.15) is 11.4 Å². The molecule has 0 spiro atoms. The Morgan fingerprint density at radius 2 is 2.28 bits per heavy atom. The van der Waals surface area contributed by atoms with E-state index in [0.29, 0.717) is 0 Å². The van der Waals surface area contributed by atoms with E-state index in [4.69, 9.17) is 4.74 Å². The van der Waals surface area contributed by atoms with Gasteiger partial charge in [-0.15, -0.1) is 0 Å². The van der Waals surface area contributed by atoms with Crippen LogP contribution in [0.25, 0.3) is 11.3 Å². The third-order valence-electron chi connectivity index (χ3n) is 3.22. The van der Waals surface area contributed by atoms with Crippen molar-refractivity contribution >= 4 is 15.9 Å². The number of methoxy groups -OCH3 is 1. The van der Waals surface area contributed by atoms with Gasteiger partial charge in [-0.3, -0.25) is 5.10 Å². The van der Waals surface area contributed by atoms with Gasteiger partial charge in [0.15, 0.2) is 0 Å². The summed E-state index contributed by atoms with van der Waals surface area (Å²) in [6, 6.07) is 5.97. The lowest BCUT2D eigenvalue weighted by molar-refractivity contribution is 0.416. The maximum Gasteiger partial charge on any atom is 0.128 e. The minimum atomic E-state index is 0.845. The van der Waals surface area contributed by atoms with Crippen LogP contribution in [-0.4, -0.2) is 23.9 Å². The highest BCUT2D eigenvalue weighted by atomic mass is 79.9. The summed E-state index contributed by atoms with van der Waals surface area (Å²) in [6.45, 7) is 1.86. The molecule has 0 saturated carbocycles. The number of hydrogen-bond acceptors (Lipinski definition) is 3. The van der Waals surface area contributed by atoms with Gasteiger partial charge in [-0.05, 0) is 18.2 Å². The molecular formula is C13H14BrN3O. The second-order valence-corrected chi connectivity index (χ2v) is 5.22. The molecule has 4 nitrogen and oxygen atoms in total. The first-order valence-electron chi connectivity index (χ1n) is 5.90. The quantitative estimate of drug-likeness (QED) is 0.896. The molecule has 2 aromatic rings. The number of halogens is 1. The van der Waals surface area contributed by atoms with Crippen LogP contribution >= 0.6 is 15.9 Å². The van der Waals surface area contributed by atoms with Crippen LogP contribution in [0, 0.1) is 0 Å². The molecule has 0 bridgehead atoms. The molecule has 94 valence electrons. The fourth-order valence-corrected chi connectivity index (χ4v) is 2.67. The second-order valence-electron chi connectivity index (χ2n) is 4.30. The van der Waals surface area contributed by atoms with Crippen LogP contribution in [0.1, 0.15) is 11.3 Å². The first-order chi connectivity index (χ1) is 8.79. The smallest absolute Gasteiger partial charge is 0.128 e. The molecule has 0 radical (unpaired) electrons. The fraction of sp³-hybridized carbons (Fsp3) is 0.308. The lowest BCUT2D eigenvalue weighted by atomic mass is 10.0. The Morgan fingerprint density at radius 1 is 1.39 bits per heavy atom. The van der Waals surface area contributed by atoms with Crippen LogP contribution in [0.4, 0.5) is 0 Å². The van der Waals surface area contributed by atoms with Crippen LogP contribution in [0.3, 0.4) is 0 Å². The van der Waals surface area contributed by atoms with Crippen LogP contribution < -0.4 is 10.1 Å². The van der Waals surface area contributed by atoms with Crippen LogP contribution in [0.15, 0.2) is 22.7 Å². The third kappa shape index (κ3) is 1.93. The summed E-state index contributed by atoms with van der Waals surface area (Å²) in [5.41, 5.74) is 4.48. The highest BCUT2D eigenvalue weighted by Crippen LogP contribution is 2.34. The summed E-state index contributed by atoms with van der Waals surface area (Å²) in [4.78, 5) is 0. The third-order valence-corrected chi connectivity index (χ3v) is 3.72. The highest BCUT2D eigenvalue weighted by molar-refractivity contribution is 9.10. The Bertz CT molecular complexity index is 580. The average Bonchev–Trinajstić information content (AvgIpc) is 2.82. The van der Waals surface area contributed by atoms with Crippen molar-refractivity contribution in [3.63, 3.8) is 0 Å². The molecule has 0 fully saturated rings. The van der Waals surface area contributed by atoms with Gasteiger partial charge in [0.25, 0.3) is 0 Å². The largest absolute Gasteiger partial charge is 0.496 e. The maximum absolute atomic E-state index is 5.42.